The van der Waals surface area contributed by atoms with Crippen molar-refractivity contribution in [3.05, 3.63) is 41.5 Å². The van der Waals surface area contributed by atoms with E-state index in [1.165, 1.54) is 33.5 Å². The van der Waals surface area contributed by atoms with Gasteiger partial charge >= 0.3 is 0 Å². The molecular weight excluding hydrogens is 343 g/mol. The Balaban J connectivity index is 2.14. The highest BCUT2D eigenvalue weighted by Gasteiger charge is 2.32. The lowest BCUT2D eigenvalue weighted by Gasteiger charge is -2.22. The second kappa shape index (κ2) is 6.79. The first-order chi connectivity index (χ1) is 12.0. The monoisotopic (exact) mass is 360 g/mol. The Morgan fingerprint density at radius 3 is 2.36 bits per heavy atom. The number of aryl methyl sites for hydroxylation is 1. The number of rotatable bonds is 3. The van der Waals surface area contributed by atoms with Crippen LogP contribution in [0.3, 0.4) is 0 Å². The summed E-state index contributed by atoms with van der Waals surface area (Å²) in [5.74, 6) is 0.183. The lowest BCUT2D eigenvalue weighted by Crippen LogP contribution is -2.29. The molecule has 0 N–H and O–H groups in total. The standard InChI is InChI=1S/C17H17FN4O2S/c1-4-13(23)21-10(3)19-15-17(21)25-16(20-22(15)14(24)5-2)11-6-8-12(18)9-7-11/h6-9H,4-5H2,1-3H3. The van der Waals surface area contributed by atoms with Gasteiger partial charge < -0.3 is 0 Å². The van der Waals surface area contributed by atoms with Crippen LogP contribution >= 0.6 is 11.8 Å². The Kier molecular flexibility index (Phi) is 4.71. The van der Waals surface area contributed by atoms with Crippen LogP contribution in [0.4, 0.5) is 10.2 Å². The third-order valence-electron chi connectivity index (χ3n) is 3.75. The second-order valence-electron chi connectivity index (χ2n) is 5.44. The number of benzene rings is 1. The molecule has 0 fully saturated rings. The van der Waals surface area contributed by atoms with E-state index in [2.05, 4.69) is 10.1 Å². The maximum atomic E-state index is 13.2. The number of hydrogen-bond donors (Lipinski definition) is 0. The molecule has 8 heteroatoms. The number of carbonyl (C=O) groups is 2. The van der Waals surface area contributed by atoms with Crippen molar-refractivity contribution in [3.63, 3.8) is 0 Å². The first-order valence-electron chi connectivity index (χ1n) is 7.94. The molecule has 0 saturated carbocycles. The average Bonchev–Trinajstić information content (AvgIpc) is 2.96. The molecule has 1 aromatic heterocycles. The first-order valence-corrected chi connectivity index (χ1v) is 8.75. The molecule has 0 saturated heterocycles. The highest BCUT2D eigenvalue weighted by atomic mass is 32.2. The molecule has 0 radical (unpaired) electrons. The quantitative estimate of drug-likeness (QED) is 0.839. The molecule has 6 nitrogen and oxygen atoms in total. The molecule has 1 aromatic carbocycles. The number of aromatic nitrogens is 2. The lowest BCUT2D eigenvalue weighted by molar-refractivity contribution is -0.118. The Labute approximate surface area is 148 Å². The fraction of sp³-hybridized carbons (Fsp3) is 0.294. The van der Waals surface area contributed by atoms with Gasteiger partial charge in [-0.3, -0.25) is 14.2 Å². The van der Waals surface area contributed by atoms with E-state index in [4.69, 9.17) is 0 Å². The Bertz CT molecular complexity index is 874. The van der Waals surface area contributed by atoms with Gasteiger partial charge in [0.25, 0.3) is 0 Å². The van der Waals surface area contributed by atoms with E-state index < -0.39 is 0 Å². The van der Waals surface area contributed by atoms with Crippen molar-refractivity contribution in [1.82, 2.24) is 9.55 Å². The number of halogens is 1. The van der Waals surface area contributed by atoms with E-state index in [0.29, 0.717) is 33.7 Å². The molecule has 1 amide bonds. The van der Waals surface area contributed by atoms with Crippen LogP contribution in [0, 0.1) is 12.7 Å². The fourth-order valence-corrected chi connectivity index (χ4v) is 3.57. The van der Waals surface area contributed by atoms with Crippen molar-refractivity contribution in [2.45, 2.75) is 38.6 Å². The van der Waals surface area contributed by atoms with Crippen LogP contribution in [0.5, 0.6) is 0 Å². The number of carbonyl (C=O) groups excluding carboxylic acids is 2. The van der Waals surface area contributed by atoms with Crippen molar-refractivity contribution in [1.29, 1.82) is 0 Å². The predicted octanol–water partition coefficient (Wildman–Crippen LogP) is 3.59. The summed E-state index contributed by atoms with van der Waals surface area (Å²) in [6.45, 7) is 5.22. The van der Waals surface area contributed by atoms with Crippen molar-refractivity contribution in [2.24, 2.45) is 5.10 Å². The zero-order valence-electron chi connectivity index (χ0n) is 14.1. The summed E-state index contributed by atoms with van der Waals surface area (Å²) in [6.07, 6.45) is 0.562. The van der Waals surface area contributed by atoms with Crippen molar-refractivity contribution < 1.29 is 14.0 Å². The molecule has 0 aliphatic carbocycles. The van der Waals surface area contributed by atoms with Crippen LogP contribution in [0.2, 0.25) is 0 Å². The zero-order valence-corrected chi connectivity index (χ0v) is 14.9. The third kappa shape index (κ3) is 3.09. The normalized spacial score (nSPS) is 13.4. The molecule has 25 heavy (non-hydrogen) atoms. The molecule has 130 valence electrons. The van der Waals surface area contributed by atoms with Gasteiger partial charge in [0.15, 0.2) is 5.82 Å². The van der Waals surface area contributed by atoms with Crippen molar-refractivity contribution in [2.75, 3.05) is 5.01 Å². The largest absolute Gasteiger partial charge is 0.274 e. The minimum absolute atomic E-state index is 0.108. The van der Waals surface area contributed by atoms with Crippen molar-refractivity contribution >= 4 is 34.4 Å². The molecule has 0 unspecified atom stereocenters. The number of amides is 1. The topological polar surface area (TPSA) is 67.6 Å². The second-order valence-corrected chi connectivity index (χ2v) is 6.42. The van der Waals surface area contributed by atoms with Crippen LogP contribution < -0.4 is 5.01 Å². The fourth-order valence-electron chi connectivity index (χ4n) is 2.46. The molecule has 3 rings (SSSR count). The summed E-state index contributed by atoms with van der Waals surface area (Å²) in [5.41, 5.74) is 0.667. The van der Waals surface area contributed by atoms with Crippen LogP contribution in [0.1, 0.15) is 42.9 Å². The molecule has 0 spiro atoms. The summed E-state index contributed by atoms with van der Waals surface area (Å²) >= 11 is 1.25. The minimum atomic E-state index is -0.352. The van der Waals surface area contributed by atoms with E-state index >= 15 is 0 Å². The SMILES string of the molecule is CCC(=O)N1N=C(c2ccc(F)cc2)Sc2c1nc(C)n2C(=O)CC. The smallest absolute Gasteiger partial charge is 0.248 e. The highest BCUT2D eigenvalue weighted by Crippen LogP contribution is 2.38. The van der Waals surface area contributed by atoms with E-state index in [1.54, 1.807) is 32.9 Å². The molecule has 0 bridgehead atoms. The van der Waals surface area contributed by atoms with Gasteiger partial charge in [-0.15, -0.1) is 0 Å². The first kappa shape index (κ1) is 17.3. The summed E-state index contributed by atoms with van der Waals surface area (Å²) in [5, 5.41) is 6.69. The average molecular weight is 360 g/mol. The summed E-state index contributed by atoms with van der Waals surface area (Å²) in [7, 11) is 0. The molecule has 0 atom stereocenters. The minimum Gasteiger partial charge on any atom is -0.274 e. The van der Waals surface area contributed by atoms with Crippen LogP contribution in [-0.4, -0.2) is 26.4 Å². The Hall–Kier alpha value is -2.48. The molecule has 2 heterocycles. The maximum Gasteiger partial charge on any atom is 0.248 e. The van der Waals surface area contributed by atoms with Crippen LogP contribution in [-0.2, 0) is 4.79 Å². The highest BCUT2D eigenvalue weighted by molar-refractivity contribution is 8.14. The van der Waals surface area contributed by atoms with E-state index in [9.17, 15) is 14.0 Å². The summed E-state index contributed by atoms with van der Waals surface area (Å²) in [4.78, 5) is 29.0. The number of hydrazone groups is 1. The van der Waals surface area contributed by atoms with E-state index in [0.717, 1.165) is 0 Å². The number of hydrogen-bond acceptors (Lipinski definition) is 5. The third-order valence-corrected chi connectivity index (χ3v) is 4.82. The molecular formula is C17H17FN4O2S. The number of fused-ring (bicyclic) bond motifs is 1. The Morgan fingerprint density at radius 2 is 1.76 bits per heavy atom. The zero-order chi connectivity index (χ0) is 18.1. The molecule has 1 aliphatic rings. The van der Waals surface area contributed by atoms with Gasteiger partial charge in [0.1, 0.15) is 21.7 Å². The molecule has 1 aliphatic heterocycles. The summed E-state index contributed by atoms with van der Waals surface area (Å²) in [6, 6.07) is 5.85. The van der Waals surface area contributed by atoms with Crippen LogP contribution in [0.25, 0.3) is 0 Å². The molecule has 2 aromatic rings. The van der Waals surface area contributed by atoms with Gasteiger partial charge in [0, 0.05) is 18.4 Å². The van der Waals surface area contributed by atoms with Crippen molar-refractivity contribution in [3.8, 4) is 0 Å². The number of imidazole rings is 1. The summed E-state index contributed by atoms with van der Waals surface area (Å²) < 4.78 is 14.7. The van der Waals surface area contributed by atoms with Gasteiger partial charge in [-0.2, -0.15) is 10.1 Å². The lowest BCUT2D eigenvalue weighted by atomic mass is 10.2. The van der Waals surface area contributed by atoms with E-state index in [-0.39, 0.29) is 24.1 Å². The predicted molar refractivity (Wildman–Crippen MR) is 94.5 cm³/mol. The van der Waals surface area contributed by atoms with E-state index in [1.807, 2.05) is 0 Å². The maximum absolute atomic E-state index is 13.2. The van der Waals surface area contributed by atoms with Gasteiger partial charge in [0.2, 0.25) is 11.8 Å². The van der Waals surface area contributed by atoms with Gasteiger partial charge in [0.05, 0.1) is 0 Å². The van der Waals surface area contributed by atoms with Gasteiger partial charge in [-0.05, 0) is 43.0 Å². The number of thioether (sulfide) groups is 1. The Morgan fingerprint density at radius 1 is 1.12 bits per heavy atom. The van der Waals surface area contributed by atoms with Crippen LogP contribution in [0.15, 0.2) is 34.4 Å². The van der Waals surface area contributed by atoms with Gasteiger partial charge in [-0.25, -0.2) is 9.37 Å². The van der Waals surface area contributed by atoms with Gasteiger partial charge in [-0.1, -0.05) is 13.8 Å². The number of anilines is 1. The number of nitrogens with zero attached hydrogens (tertiary/aromatic N) is 4.